The molecular weight excluding hydrogens is 210 g/mol. The fourth-order valence-electron chi connectivity index (χ4n) is 1.13. The van der Waals surface area contributed by atoms with Crippen molar-refractivity contribution in [3.63, 3.8) is 0 Å². The molecule has 0 radical (unpaired) electrons. The quantitative estimate of drug-likeness (QED) is 0.566. The van der Waals surface area contributed by atoms with E-state index in [1.165, 1.54) is 0 Å². The summed E-state index contributed by atoms with van der Waals surface area (Å²) in [4.78, 5) is 8.49. The molecule has 6 heteroatoms. The van der Waals surface area contributed by atoms with E-state index in [2.05, 4.69) is 20.7 Å². The van der Waals surface area contributed by atoms with Gasteiger partial charge >= 0.3 is 0 Å². The topological polar surface area (TPSA) is 53.1 Å². The van der Waals surface area contributed by atoms with Crippen LogP contribution in [0, 0.1) is 13.8 Å². The highest BCUT2D eigenvalue weighted by atomic mass is 32.1. The van der Waals surface area contributed by atoms with Crippen LogP contribution in [-0.4, -0.2) is 29.2 Å². The number of aromatic nitrogens is 2. The molecule has 0 aliphatic rings. The first-order chi connectivity index (χ1) is 7.02. The molecule has 0 atom stereocenters. The predicted molar refractivity (Wildman–Crippen MR) is 64.7 cm³/mol. The minimum atomic E-state index is 0.548. The Bertz CT molecular complexity index is 345. The first-order valence-corrected chi connectivity index (χ1v) is 4.98. The summed E-state index contributed by atoms with van der Waals surface area (Å²) in [6.45, 7) is 3.79. The largest absolute Gasteiger partial charge is 0.364 e. The summed E-state index contributed by atoms with van der Waals surface area (Å²) in [5.41, 5.74) is 3.90. The Morgan fingerprint density at radius 3 is 2.60 bits per heavy atom. The van der Waals surface area contributed by atoms with Crippen LogP contribution in [0.1, 0.15) is 11.5 Å². The third-order valence-corrected chi connectivity index (χ3v) is 2.09. The van der Waals surface area contributed by atoms with Crippen molar-refractivity contribution in [1.82, 2.24) is 20.7 Å². The number of nitrogens with zero attached hydrogens (tertiary/aromatic N) is 3. The maximum atomic E-state index is 4.99. The van der Waals surface area contributed by atoms with E-state index in [0.717, 1.165) is 17.3 Å². The predicted octanol–water partition coefficient (Wildman–Crippen LogP) is 0.539. The molecule has 0 saturated heterocycles. The Balaban J connectivity index is 2.81. The fourth-order valence-corrected chi connectivity index (χ4v) is 1.27. The molecule has 82 valence electrons. The van der Waals surface area contributed by atoms with E-state index in [1.807, 2.05) is 27.0 Å². The number of thiocarbonyl (C=S) groups is 1. The van der Waals surface area contributed by atoms with Crippen molar-refractivity contribution in [1.29, 1.82) is 0 Å². The smallest absolute Gasteiger partial charge is 0.185 e. The first-order valence-electron chi connectivity index (χ1n) is 4.57. The normalized spacial score (nSPS) is 9.60. The zero-order chi connectivity index (χ0) is 11.4. The maximum absolute atomic E-state index is 4.99. The van der Waals surface area contributed by atoms with E-state index in [1.54, 1.807) is 12.1 Å². The molecular formula is C9H15N5S. The Kier molecular flexibility index (Phi) is 3.79. The van der Waals surface area contributed by atoms with E-state index in [9.17, 15) is 0 Å². The zero-order valence-corrected chi connectivity index (χ0v) is 10.1. The summed E-state index contributed by atoms with van der Waals surface area (Å²) in [6, 6.07) is 1.89. The Hall–Kier alpha value is -1.43. The molecule has 15 heavy (non-hydrogen) atoms. The Morgan fingerprint density at radius 1 is 1.40 bits per heavy atom. The van der Waals surface area contributed by atoms with Crippen molar-refractivity contribution in [3.05, 3.63) is 17.6 Å². The van der Waals surface area contributed by atoms with Crippen LogP contribution in [0.15, 0.2) is 6.07 Å². The van der Waals surface area contributed by atoms with Crippen molar-refractivity contribution >= 4 is 23.1 Å². The monoisotopic (exact) mass is 225 g/mol. The summed E-state index contributed by atoms with van der Waals surface area (Å²) in [5.74, 6) is 1.53. The van der Waals surface area contributed by atoms with Gasteiger partial charge in [0.1, 0.15) is 5.82 Å². The molecule has 0 unspecified atom stereocenters. The molecule has 0 aromatic carbocycles. The van der Waals surface area contributed by atoms with E-state index in [0.29, 0.717) is 5.11 Å². The van der Waals surface area contributed by atoms with E-state index in [-0.39, 0.29) is 0 Å². The molecule has 0 amide bonds. The van der Waals surface area contributed by atoms with Crippen LogP contribution in [-0.2, 0) is 0 Å². The number of hydrazine groups is 1. The average Bonchev–Trinajstić information content (AvgIpc) is 2.16. The van der Waals surface area contributed by atoms with Crippen LogP contribution in [0.2, 0.25) is 0 Å². The van der Waals surface area contributed by atoms with Crippen molar-refractivity contribution < 1.29 is 0 Å². The van der Waals surface area contributed by atoms with Gasteiger partial charge in [0.2, 0.25) is 0 Å². The van der Waals surface area contributed by atoms with Crippen LogP contribution < -0.4 is 15.8 Å². The average molecular weight is 225 g/mol. The highest BCUT2D eigenvalue weighted by molar-refractivity contribution is 7.80. The lowest BCUT2D eigenvalue weighted by atomic mass is 10.4. The molecule has 0 saturated carbocycles. The number of hydrogen-bond donors (Lipinski definition) is 2. The molecule has 0 aliphatic heterocycles. The van der Waals surface area contributed by atoms with Crippen LogP contribution >= 0.6 is 12.2 Å². The zero-order valence-electron chi connectivity index (χ0n) is 9.33. The van der Waals surface area contributed by atoms with Crippen molar-refractivity contribution in [2.45, 2.75) is 13.8 Å². The van der Waals surface area contributed by atoms with Gasteiger partial charge in [-0.15, -0.1) is 0 Å². The van der Waals surface area contributed by atoms with E-state index < -0.39 is 0 Å². The van der Waals surface area contributed by atoms with Crippen molar-refractivity contribution in [2.75, 3.05) is 19.1 Å². The fraction of sp³-hybridized carbons (Fsp3) is 0.444. The molecule has 2 N–H and O–H groups in total. The molecule has 1 aromatic rings. The molecule has 0 spiro atoms. The lowest BCUT2D eigenvalue weighted by molar-refractivity contribution is 0.825. The van der Waals surface area contributed by atoms with Gasteiger partial charge in [0.25, 0.3) is 0 Å². The van der Waals surface area contributed by atoms with Gasteiger partial charge in [0.05, 0.1) is 0 Å². The van der Waals surface area contributed by atoms with Gasteiger partial charge in [-0.1, -0.05) is 0 Å². The molecule has 1 aromatic heterocycles. The van der Waals surface area contributed by atoms with Crippen molar-refractivity contribution in [2.24, 2.45) is 0 Å². The Labute approximate surface area is 94.9 Å². The third-order valence-electron chi connectivity index (χ3n) is 1.79. The summed E-state index contributed by atoms with van der Waals surface area (Å²) in [6.07, 6.45) is 0. The lowest BCUT2D eigenvalue weighted by Crippen LogP contribution is -2.44. The molecule has 0 bridgehead atoms. The molecule has 1 rings (SSSR count). The highest BCUT2D eigenvalue weighted by Crippen LogP contribution is 2.08. The first kappa shape index (κ1) is 11.6. The lowest BCUT2D eigenvalue weighted by Gasteiger charge is -2.20. The van der Waals surface area contributed by atoms with Crippen molar-refractivity contribution in [3.8, 4) is 0 Å². The second kappa shape index (κ2) is 4.88. The van der Waals surface area contributed by atoms with Crippen LogP contribution in [0.5, 0.6) is 0 Å². The standard InChI is InChI=1S/C9H15N5S/c1-6-5-8(12-7(2)11-6)14(4)13-9(15)10-3/h5H,1-4H3,(H2,10,13,15). The van der Waals surface area contributed by atoms with Crippen LogP contribution in [0.4, 0.5) is 5.82 Å². The molecule has 5 nitrogen and oxygen atoms in total. The minimum absolute atomic E-state index is 0.548. The number of rotatable bonds is 2. The SMILES string of the molecule is CNC(=S)NN(C)c1cc(C)nc(C)n1. The van der Waals surface area contributed by atoms with Gasteiger partial charge in [-0.2, -0.15) is 0 Å². The molecule has 0 fully saturated rings. The summed E-state index contributed by atoms with van der Waals surface area (Å²) >= 11 is 4.99. The molecule has 1 heterocycles. The van der Waals surface area contributed by atoms with Gasteiger partial charge in [-0.25, -0.2) is 9.97 Å². The van der Waals surface area contributed by atoms with Gasteiger partial charge in [-0.05, 0) is 26.1 Å². The summed E-state index contributed by atoms with van der Waals surface area (Å²) < 4.78 is 0. The molecule has 0 aliphatic carbocycles. The number of aryl methyl sites for hydroxylation is 2. The van der Waals surface area contributed by atoms with Crippen LogP contribution in [0.25, 0.3) is 0 Å². The second-order valence-corrected chi connectivity index (χ2v) is 3.57. The van der Waals surface area contributed by atoms with Gasteiger partial charge in [0, 0.05) is 25.9 Å². The second-order valence-electron chi connectivity index (χ2n) is 3.16. The highest BCUT2D eigenvalue weighted by Gasteiger charge is 2.05. The van der Waals surface area contributed by atoms with Crippen LogP contribution in [0.3, 0.4) is 0 Å². The third kappa shape index (κ3) is 3.32. The Morgan fingerprint density at radius 2 is 2.07 bits per heavy atom. The van der Waals surface area contributed by atoms with Gasteiger partial charge < -0.3 is 5.32 Å². The maximum Gasteiger partial charge on any atom is 0.185 e. The number of anilines is 1. The summed E-state index contributed by atoms with van der Waals surface area (Å²) in [5, 5.41) is 5.13. The number of nitrogens with one attached hydrogen (secondary N) is 2. The van der Waals surface area contributed by atoms with Gasteiger partial charge in [0.15, 0.2) is 10.9 Å². The van der Waals surface area contributed by atoms with Gasteiger partial charge in [-0.3, -0.25) is 10.4 Å². The number of hydrogen-bond acceptors (Lipinski definition) is 4. The van der Waals surface area contributed by atoms with E-state index >= 15 is 0 Å². The summed E-state index contributed by atoms with van der Waals surface area (Å²) in [7, 11) is 3.62. The van der Waals surface area contributed by atoms with E-state index in [4.69, 9.17) is 12.2 Å². The minimum Gasteiger partial charge on any atom is -0.364 e.